The van der Waals surface area contributed by atoms with Crippen LogP contribution in [0.1, 0.15) is 23.0 Å². The van der Waals surface area contributed by atoms with Gasteiger partial charge < -0.3 is 15.6 Å². The Hall–Kier alpha value is -1.72. The molecule has 2 heterocycles. The first kappa shape index (κ1) is 14.7. The summed E-state index contributed by atoms with van der Waals surface area (Å²) >= 11 is 11.8. The molecule has 0 atom stereocenters. The monoisotopic (exact) mass is 312 g/mol. The van der Waals surface area contributed by atoms with Crippen LogP contribution in [0.4, 0.5) is 11.4 Å². The predicted molar refractivity (Wildman–Crippen MR) is 81.5 cm³/mol. The fourth-order valence-corrected chi connectivity index (χ4v) is 2.49. The smallest absolute Gasteiger partial charge is 0.272 e. The maximum atomic E-state index is 12.3. The number of hydrogen-bond acceptors (Lipinski definition) is 3. The molecule has 0 saturated carbocycles. The van der Waals surface area contributed by atoms with E-state index in [1.54, 1.807) is 29.8 Å². The van der Waals surface area contributed by atoms with Gasteiger partial charge in [-0.2, -0.15) is 0 Å². The molecular formula is C13H14Cl2N4O. The van der Waals surface area contributed by atoms with Crippen molar-refractivity contribution in [3.05, 3.63) is 39.9 Å². The third-order valence-corrected chi connectivity index (χ3v) is 3.34. The van der Waals surface area contributed by atoms with Crippen molar-refractivity contribution in [1.29, 1.82) is 0 Å². The maximum absolute atomic E-state index is 12.3. The first-order valence-corrected chi connectivity index (χ1v) is 6.77. The van der Waals surface area contributed by atoms with E-state index >= 15 is 0 Å². The van der Waals surface area contributed by atoms with E-state index in [1.807, 2.05) is 6.92 Å². The number of nitrogen functional groups attached to an aromatic ring is 1. The number of amides is 1. The Labute approximate surface area is 126 Å². The molecule has 2 aromatic rings. The van der Waals surface area contributed by atoms with E-state index in [0.29, 0.717) is 23.6 Å². The van der Waals surface area contributed by atoms with Crippen LogP contribution in [-0.2, 0) is 6.54 Å². The van der Waals surface area contributed by atoms with Gasteiger partial charge in [0.25, 0.3) is 5.91 Å². The zero-order valence-corrected chi connectivity index (χ0v) is 12.6. The second-order valence-corrected chi connectivity index (χ2v) is 5.07. The molecular weight excluding hydrogens is 299 g/mol. The van der Waals surface area contributed by atoms with Crippen molar-refractivity contribution in [2.75, 3.05) is 11.1 Å². The third kappa shape index (κ3) is 2.89. The molecule has 0 aliphatic carbocycles. The lowest BCUT2D eigenvalue weighted by atomic mass is 10.2. The van der Waals surface area contributed by atoms with Crippen molar-refractivity contribution in [3.8, 4) is 0 Å². The Morgan fingerprint density at radius 3 is 2.75 bits per heavy atom. The number of pyridine rings is 1. The summed E-state index contributed by atoms with van der Waals surface area (Å²) in [5.41, 5.74) is 7.90. The quantitative estimate of drug-likeness (QED) is 0.854. The molecule has 0 saturated heterocycles. The summed E-state index contributed by atoms with van der Waals surface area (Å²) in [6, 6.07) is 3.25. The Morgan fingerprint density at radius 2 is 2.15 bits per heavy atom. The molecule has 2 aromatic heterocycles. The Bertz CT molecular complexity index is 643. The van der Waals surface area contributed by atoms with E-state index < -0.39 is 0 Å². The van der Waals surface area contributed by atoms with Gasteiger partial charge in [-0.3, -0.25) is 4.79 Å². The summed E-state index contributed by atoms with van der Waals surface area (Å²) in [4.78, 5) is 16.2. The molecule has 7 heteroatoms. The van der Waals surface area contributed by atoms with Crippen LogP contribution in [0.2, 0.25) is 10.3 Å². The molecule has 0 radical (unpaired) electrons. The zero-order chi connectivity index (χ0) is 14.9. The van der Waals surface area contributed by atoms with Crippen molar-refractivity contribution in [3.63, 3.8) is 0 Å². The van der Waals surface area contributed by atoms with Crippen molar-refractivity contribution < 1.29 is 4.79 Å². The number of rotatable bonds is 3. The molecule has 0 unspecified atom stereocenters. The lowest BCUT2D eigenvalue weighted by Crippen LogP contribution is -2.17. The van der Waals surface area contributed by atoms with Gasteiger partial charge in [0.2, 0.25) is 0 Å². The van der Waals surface area contributed by atoms with Crippen molar-refractivity contribution in [1.82, 2.24) is 9.55 Å². The average Bonchev–Trinajstić information content (AvgIpc) is 2.75. The van der Waals surface area contributed by atoms with Gasteiger partial charge in [0.15, 0.2) is 5.15 Å². The van der Waals surface area contributed by atoms with Crippen LogP contribution >= 0.6 is 23.2 Å². The number of nitrogens with one attached hydrogen (secondary N) is 1. The summed E-state index contributed by atoms with van der Waals surface area (Å²) in [5.74, 6) is -0.294. The zero-order valence-electron chi connectivity index (χ0n) is 11.1. The summed E-state index contributed by atoms with van der Waals surface area (Å²) in [5, 5.41) is 3.18. The number of aromatic nitrogens is 2. The molecule has 0 fully saturated rings. The standard InChI is InChI=1S/C13H14Cl2N4O/c1-3-19-6-8(16)5-9(19)13(20)18-11-7(2)4-10(14)17-12(11)15/h4-6H,3,16H2,1-2H3,(H,18,20). The summed E-state index contributed by atoms with van der Waals surface area (Å²) in [6.45, 7) is 4.37. The van der Waals surface area contributed by atoms with Crippen LogP contribution in [0.5, 0.6) is 0 Å². The van der Waals surface area contributed by atoms with Gasteiger partial charge in [0.1, 0.15) is 10.8 Å². The second kappa shape index (κ2) is 5.73. The molecule has 20 heavy (non-hydrogen) atoms. The first-order chi connectivity index (χ1) is 9.42. The van der Waals surface area contributed by atoms with Crippen LogP contribution in [-0.4, -0.2) is 15.5 Å². The topological polar surface area (TPSA) is 72.9 Å². The summed E-state index contributed by atoms with van der Waals surface area (Å²) < 4.78 is 1.76. The fraction of sp³-hybridized carbons (Fsp3) is 0.231. The van der Waals surface area contributed by atoms with Crippen LogP contribution in [0.3, 0.4) is 0 Å². The third-order valence-electron chi connectivity index (χ3n) is 2.87. The van der Waals surface area contributed by atoms with Crippen molar-refractivity contribution >= 4 is 40.5 Å². The highest BCUT2D eigenvalue weighted by atomic mass is 35.5. The number of carbonyl (C=O) groups is 1. The van der Waals surface area contributed by atoms with E-state index in [2.05, 4.69) is 10.3 Å². The lowest BCUT2D eigenvalue weighted by molar-refractivity contribution is 0.101. The highest BCUT2D eigenvalue weighted by molar-refractivity contribution is 6.35. The SMILES string of the molecule is CCn1cc(N)cc1C(=O)Nc1c(C)cc(Cl)nc1Cl. The number of nitrogens with two attached hydrogens (primary N) is 1. The normalized spacial score (nSPS) is 10.6. The number of carbonyl (C=O) groups excluding carboxylic acids is 1. The molecule has 0 spiro atoms. The van der Waals surface area contributed by atoms with E-state index in [9.17, 15) is 4.79 Å². The molecule has 0 bridgehead atoms. The lowest BCUT2D eigenvalue weighted by Gasteiger charge is -2.11. The van der Waals surface area contributed by atoms with Crippen molar-refractivity contribution in [2.24, 2.45) is 0 Å². The minimum atomic E-state index is -0.294. The molecule has 5 nitrogen and oxygen atoms in total. The minimum Gasteiger partial charge on any atom is -0.397 e. The summed E-state index contributed by atoms with van der Waals surface area (Å²) in [7, 11) is 0. The number of hydrogen-bond donors (Lipinski definition) is 2. The molecule has 0 aliphatic rings. The van der Waals surface area contributed by atoms with Gasteiger partial charge >= 0.3 is 0 Å². The fourth-order valence-electron chi connectivity index (χ4n) is 1.91. The Kier molecular flexibility index (Phi) is 4.20. The Balaban J connectivity index is 2.32. The minimum absolute atomic E-state index is 0.158. The van der Waals surface area contributed by atoms with E-state index in [1.165, 1.54) is 0 Å². The van der Waals surface area contributed by atoms with Crippen LogP contribution in [0, 0.1) is 6.92 Å². The predicted octanol–water partition coefficient (Wildman–Crippen LogP) is 3.35. The molecule has 2 rings (SSSR count). The highest BCUT2D eigenvalue weighted by Crippen LogP contribution is 2.27. The van der Waals surface area contributed by atoms with Crippen LogP contribution < -0.4 is 11.1 Å². The van der Waals surface area contributed by atoms with Gasteiger partial charge in [-0.25, -0.2) is 4.98 Å². The van der Waals surface area contributed by atoms with Gasteiger partial charge in [-0.15, -0.1) is 0 Å². The summed E-state index contributed by atoms with van der Waals surface area (Å²) in [6.07, 6.45) is 1.71. The number of nitrogens with zero attached hydrogens (tertiary/aromatic N) is 2. The largest absolute Gasteiger partial charge is 0.397 e. The number of halogens is 2. The number of anilines is 2. The van der Waals surface area contributed by atoms with Gasteiger partial charge in [-0.05, 0) is 31.5 Å². The molecule has 0 aromatic carbocycles. The van der Waals surface area contributed by atoms with E-state index in [-0.39, 0.29) is 16.2 Å². The van der Waals surface area contributed by atoms with Crippen molar-refractivity contribution in [2.45, 2.75) is 20.4 Å². The maximum Gasteiger partial charge on any atom is 0.272 e. The van der Waals surface area contributed by atoms with Gasteiger partial charge in [-0.1, -0.05) is 23.2 Å². The molecule has 106 valence electrons. The molecule has 0 aliphatic heterocycles. The average molecular weight is 313 g/mol. The Morgan fingerprint density at radius 1 is 1.45 bits per heavy atom. The van der Waals surface area contributed by atoms with Crippen LogP contribution in [0.15, 0.2) is 18.3 Å². The molecule has 3 N–H and O–H groups in total. The highest BCUT2D eigenvalue weighted by Gasteiger charge is 2.16. The van der Waals surface area contributed by atoms with E-state index in [0.717, 1.165) is 5.56 Å². The first-order valence-electron chi connectivity index (χ1n) is 6.02. The second-order valence-electron chi connectivity index (χ2n) is 4.33. The number of aryl methyl sites for hydroxylation is 2. The van der Waals surface area contributed by atoms with E-state index in [4.69, 9.17) is 28.9 Å². The van der Waals surface area contributed by atoms with Gasteiger partial charge in [0.05, 0.1) is 11.4 Å². The molecule has 1 amide bonds. The van der Waals surface area contributed by atoms with Crippen LogP contribution in [0.25, 0.3) is 0 Å². The van der Waals surface area contributed by atoms with Gasteiger partial charge in [0, 0.05) is 12.7 Å².